The Morgan fingerprint density at radius 1 is 1.19 bits per heavy atom. The van der Waals surface area contributed by atoms with Crippen LogP contribution >= 0.6 is 0 Å². The second-order valence-corrected chi connectivity index (χ2v) is 3.33. The lowest BCUT2D eigenvalue weighted by molar-refractivity contribution is -0.122. The van der Waals surface area contributed by atoms with Gasteiger partial charge in [-0.25, -0.2) is 0 Å². The maximum atomic E-state index is 9.23. The predicted octanol–water partition coefficient (Wildman–Crippen LogP) is 4.26. The smallest absolute Gasteiger partial charge is 0.290 e. The molecular formula is C17H39NO3. The van der Waals surface area contributed by atoms with Crippen molar-refractivity contribution in [1.29, 1.82) is 0 Å². The molecule has 0 bridgehead atoms. The van der Waals surface area contributed by atoms with Crippen molar-refractivity contribution in [2.45, 2.75) is 73.0 Å². The van der Waals surface area contributed by atoms with Crippen LogP contribution in [0.4, 0.5) is 0 Å². The van der Waals surface area contributed by atoms with Gasteiger partial charge in [-0.05, 0) is 26.8 Å². The van der Waals surface area contributed by atoms with Gasteiger partial charge in [0.25, 0.3) is 6.47 Å². The second-order valence-electron chi connectivity index (χ2n) is 3.33. The Kier molecular flexibility index (Phi) is 65.2. The molecule has 0 aliphatic carbocycles. The number of aliphatic hydroxyl groups is 1. The van der Waals surface area contributed by atoms with Crippen molar-refractivity contribution in [3.05, 3.63) is 25.3 Å². The third-order valence-electron chi connectivity index (χ3n) is 1.84. The molecule has 0 saturated heterocycles. The maximum Gasteiger partial charge on any atom is 0.290 e. The zero-order chi connectivity index (χ0) is 18.1. The summed E-state index contributed by atoms with van der Waals surface area (Å²) in [7, 11) is 1.93. The molecule has 2 unspecified atom stereocenters. The van der Waals surface area contributed by atoms with E-state index in [4.69, 9.17) is 9.90 Å². The predicted molar refractivity (Wildman–Crippen MR) is 95.8 cm³/mol. The summed E-state index contributed by atoms with van der Waals surface area (Å²) in [4.78, 5) is 8.36. The molecule has 0 fully saturated rings. The van der Waals surface area contributed by atoms with Gasteiger partial charge < -0.3 is 15.5 Å². The Bertz CT molecular complexity index is 167. The minimum atomic E-state index is -0.362. The Balaban J connectivity index is -0.0000000708. The summed E-state index contributed by atoms with van der Waals surface area (Å²) in [5.74, 6) is 0. The average molecular weight is 306 g/mol. The molecule has 0 saturated carbocycles. The van der Waals surface area contributed by atoms with Crippen LogP contribution in [-0.4, -0.2) is 35.9 Å². The van der Waals surface area contributed by atoms with E-state index in [0.29, 0.717) is 6.04 Å². The first-order valence-corrected chi connectivity index (χ1v) is 7.70. The first kappa shape index (κ1) is 32.0. The van der Waals surface area contributed by atoms with Crippen molar-refractivity contribution in [1.82, 2.24) is 5.32 Å². The molecule has 0 aliphatic heterocycles. The van der Waals surface area contributed by atoms with Crippen LogP contribution in [0.1, 0.15) is 60.8 Å². The number of nitrogens with one attached hydrogen (secondary N) is 1. The van der Waals surface area contributed by atoms with Crippen LogP contribution in [0.25, 0.3) is 0 Å². The zero-order valence-electron chi connectivity index (χ0n) is 15.2. The highest BCUT2D eigenvalue weighted by atomic mass is 16.3. The fourth-order valence-corrected chi connectivity index (χ4v) is 1.12. The van der Waals surface area contributed by atoms with Crippen molar-refractivity contribution in [2.24, 2.45) is 0 Å². The molecule has 0 heterocycles. The van der Waals surface area contributed by atoms with Crippen molar-refractivity contribution in [2.75, 3.05) is 7.05 Å². The quantitative estimate of drug-likeness (QED) is 0.506. The zero-order valence-corrected chi connectivity index (χ0v) is 15.2. The number of rotatable bonds is 6. The standard InChI is InChI=1S/C9H19NO.C3H6.2C2H6.CH2O2/c1-4-6-8(10-3)7-9(11)5-2;1-3-2;2*1-2;2-1-3/h5,8-11H,2,4,6-7H2,1,3H3;3H,1H2,2H3;2*1-2H3;1H,(H,2,3). The number of hydrogen-bond donors (Lipinski definition) is 3. The molecule has 4 nitrogen and oxygen atoms in total. The van der Waals surface area contributed by atoms with Gasteiger partial charge in [-0.1, -0.05) is 53.2 Å². The monoisotopic (exact) mass is 305 g/mol. The van der Waals surface area contributed by atoms with Crippen LogP contribution in [0.3, 0.4) is 0 Å². The number of carboxylic acid groups (broad SMARTS) is 1. The lowest BCUT2D eigenvalue weighted by Gasteiger charge is -2.16. The van der Waals surface area contributed by atoms with Crippen LogP contribution in [0.5, 0.6) is 0 Å². The topological polar surface area (TPSA) is 69.6 Å². The van der Waals surface area contributed by atoms with E-state index in [1.54, 1.807) is 12.2 Å². The molecule has 4 heteroatoms. The lowest BCUT2D eigenvalue weighted by atomic mass is 10.1. The SMILES string of the molecule is C=CC.C=CC(O)CC(CCC)NC.CC.CC.O=CO. The normalized spacial score (nSPS) is 10.1. The van der Waals surface area contributed by atoms with Gasteiger partial charge in [-0.3, -0.25) is 4.79 Å². The Morgan fingerprint density at radius 3 is 1.71 bits per heavy atom. The molecule has 0 aromatic carbocycles. The second kappa shape index (κ2) is 42.8. The van der Waals surface area contributed by atoms with Crippen molar-refractivity contribution < 1.29 is 15.0 Å². The molecule has 2 atom stereocenters. The summed E-state index contributed by atoms with van der Waals surface area (Å²) >= 11 is 0. The highest BCUT2D eigenvalue weighted by molar-refractivity contribution is 5.32. The van der Waals surface area contributed by atoms with Crippen molar-refractivity contribution in [3.8, 4) is 0 Å². The van der Waals surface area contributed by atoms with E-state index in [1.807, 2.05) is 41.7 Å². The molecule has 0 aromatic heterocycles. The molecule has 0 aromatic rings. The van der Waals surface area contributed by atoms with Crippen LogP contribution in [-0.2, 0) is 4.79 Å². The summed E-state index contributed by atoms with van der Waals surface area (Å²) in [6, 6.07) is 0.424. The number of hydrogen-bond acceptors (Lipinski definition) is 3. The highest BCUT2D eigenvalue weighted by Crippen LogP contribution is 2.04. The molecule has 0 radical (unpaired) electrons. The average Bonchev–Trinajstić information content (AvgIpc) is 2.52. The van der Waals surface area contributed by atoms with E-state index in [2.05, 4.69) is 25.4 Å². The summed E-state index contributed by atoms with van der Waals surface area (Å²) in [6.07, 6.45) is 6.00. The first-order valence-electron chi connectivity index (χ1n) is 7.70. The third kappa shape index (κ3) is 55.1. The highest BCUT2D eigenvalue weighted by Gasteiger charge is 2.08. The molecule has 3 N–H and O–H groups in total. The van der Waals surface area contributed by atoms with Crippen LogP contribution < -0.4 is 5.32 Å². The largest absolute Gasteiger partial charge is 0.483 e. The fourth-order valence-electron chi connectivity index (χ4n) is 1.12. The van der Waals surface area contributed by atoms with Gasteiger partial charge in [0.15, 0.2) is 0 Å². The maximum absolute atomic E-state index is 9.23. The molecule has 0 aliphatic rings. The van der Waals surface area contributed by atoms with Gasteiger partial charge >= 0.3 is 0 Å². The molecule has 130 valence electrons. The number of aliphatic hydroxyl groups excluding tert-OH is 1. The van der Waals surface area contributed by atoms with E-state index >= 15 is 0 Å². The fraction of sp³-hybridized carbons (Fsp3) is 0.706. The van der Waals surface area contributed by atoms with Gasteiger partial charge in [0.05, 0.1) is 6.10 Å². The minimum Gasteiger partial charge on any atom is -0.483 e. The lowest BCUT2D eigenvalue weighted by Crippen LogP contribution is -2.28. The van der Waals surface area contributed by atoms with E-state index in [1.165, 1.54) is 0 Å². The van der Waals surface area contributed by atoms with Crippen molar-refractivity contribution >= 4 is 6.47 Å². The van der Waals surface area contributed by atoms with Crippen molar-refractivity contribution in [3.63, 3.8) is 0 Å². The Labute approximate surface area is 133 Å². The van der Waals surface area contributed by atoms with Crippen LogP contribution in [0, 0.1) is 0 Å². The summed E-state index contributed by atoms with van der Waals surface area (Å²) in [6.45, 7) is 18.7. The number of allylic oxidation sites excluding steroid dienone is 1. The van der Waals surface area contributed by atoms with Crippen LogP contribution in [0.2, 0.25) is 0 Å². The molecule has 0 spiro atoms. The minimum absolute atomic E-state index is 0.250. The molecule has 21 heavy (non-hydrogen) atoms. The van der Waals surface area contributed by atoms with Gasteiger partial charge in [0, 0.05) is 6.04 Å². The van der Waals surface area contributed by atoms with Gasteiger partial charge in [0.1, 0.15) is 0 Å². The Hall–Kier alpha value is -1.13. The number of carbonyl (C=O) groups is 1. The Morgan fingerprint density at radius 2 is 1.52 bits per heavy atom. The van der Waals surface area contributed by atoms with E-state index in [9.17, 15) is 5.11 Å². The van der Waals surface area contributed by atoms with Crippen LogP contribution in [0.15, 0.2) is 25.3 Å². The van der Waals surface area contributed by atoms with E-state index < -0.39 is 0 Å². The summed E-state index contributed by atoms with van der Waals surface area (Å²) in [5.41, 5.74) is 0. The van der Waals surface area contributed by atoms with Gasteiger partial charge in [-0.15, -0.1) is 13.2 Å². The van der Waals surface area contributed by atoms with Gasteiger partial charge in [0.2, 0.25) is 0 Å². The van der Waals surface area contributed by atoms with E-state index in [-0.39, 0.29) is 12.6 Å². The summed E-state index contributed by atoms with van der Waals surface area (Å²) < 4.78 is 0. The summed E-state index contributed by atoms with van der Waals surface area (Å²) in [5, 5.41) is 19.3. The first-order chi connectivity index (χ1) is 10.1. The molecule has 0 amide bonds. The van der Waals surface area contributed by atoms with Gasteiger partial charge in [-0.2, -0.15) is 0 Å². The van der Waals surface area contributed by atoms with E-state index in [0.717, 1.165) is 19.3 Å². The third-order valence-corrected chi connectivity index (χ3v) is 1.84. The molecular weight excluding hydrogens is 266 g/mol. The molecule has 0 rings (SSSR count).